The monoisotopic (exact) mass is 532 g/mol. The van der Waals surface area contributed by atoms with Crippen molar-refractivity contribution in [3.8, 4) is 11.5 Å². The summed E-state index contributed by atoms with van der Waals surface area (Å²) in [5, 5.41) is 6.69. The van der Waals surface area contributed by atoms with E-state index < -0.39 is 22.5 Å². The van der Waals surface area contributed by atoms with Crippen molar-refractivity contribution >= 4 is 33.7 Å². The molecule has 2 aromatic rings. The molecule has 3 rings (SSSR count). The molecule has 0 bridgehead atoms. The molecule has 1 atom stereocenters. The van der Waals surface area contributed by atoms with Crippen molar-refractivity contribution in [3.05, 3.63) is 53.6 Å². The number of carbonyl (C=O) groups is 2. The van der Waals surface area contributed by atoms with Crippen LogP contribution >= 0.6 is 0 Å². The Morgan fingerprint density at radius 1 is 1.19 bits per heavy atom. The van der Waals surface area contributed by atoms with E-state index in [4.69, 9.17) is 14.2 Å². The van der Waals surface area contributed by atoms with E-state index >= 15 is 0 Å². The fourth-order valence-corrected chi connectivity index (χ4v) is 4.46. The molecule has 0 spiro atoms. The van der Waals surface area contributed by atoms with Crippen LogP contribution in [-0.4, -0.2) is 72.2 Å². The van der Waals surface area contributed by atoms with E-state index in [-0.39, 0.29) is 24.3 Å². The predicted octanol–water partition coefficient (Wildman–Crippen LogP) is 1.59. The maximum atomic E-state index is 12.5. The van der Waals surface area contributed by atoms with Crippen LogP contribution in [0.4, 0.5) is 5.69 Å². The van der Waals surface area contributed by atoms with Crippen LogP contribution in [-0.2, 0) is 24.3 Å². The molecule has 2 aromatic carbocycles. The van der Waals surface area contributed by atoms with E-state index in [1.165, 1.54) is 13.3 Å². The largest absolute Gasteiger partial charge is 0.495 e. The number of carbonyl (C=O) groups excluding carboxylic acids is 2. The summed E-state index contributed by atoms with van der Waals surface area (Å²) in [5.74, 6) is -0.0197. The quantitative estimate of drug-likeness (QED) is 0.313. The second-order valence-corrected chi connectivity index (χ2v) is 10.4. The van der Waals surface area contributed by atoms with Gasteiger partial charge in [0.15, 0.2) is 6.61 Å². The van der Waals surface area contributed by atoms with Crippen molar-refractivity contribution in [1.82, 2.24) is 10.7 Å². The van der Waals surface area contributed by atoms with Gasteiger partial charge in [-0.3, -0.25) is 13.9 Å². The maximum Gasteiger partial charge on any atom is 0.260 e. The average Bonchev–Trinajstić information content (AvgIpc) is 3.38. The molecular weight excluding hydrogens is 500 g/mol. The molecule has 2 amide bonds. The first-order valence-electron chi connectivity index (χ1n) is 11.7. The highest BCUT2D eigenvalue weighted by molar-refractivity contribution is 7.92. The topological polar surface area (TPSA) is 136 Å². The summed E-state index contributed by atoms with van der Waals surface area (Å²) in [6, 6.07) is 11.8. The average molecular weight is 533 g/mol. The van der Waals surface area contributed by atoms with E-state index in [0.717, 1.165) is 35.6 Å². The summed E-state index contributed by atoms with van der Waals surface area (Å²) in [6.07, 6.45) is 4.46. The second kappa shape index (κ2) is 13.1. The van der Waals surface area contributed by atoms with Gasteiger partial charge in [-0.25, -0.2) is 13.8 Å². The van der Waals surface area contributed by atoms with Crippen LogP contribution in [0.25, 0.3) is 0 Å². The molecule has 37 heavy (non-hydrogen) atoms. The SMILES string of the molecule is COc1ccc(C)cc1N(CC(=O)N/N=C\c1ccc(OCC(=O)NC[C@H]2CCCO2)cc1)S(C)(=O)=O. The Hall–Kier alpha value is -3.64. The van der Waals surface area contributed by atoms with Gasteiger partial charge in [-0.15, -0.1) is 0 Å². The minimum atomic E-state index is -3.77. The summed E-state index contributed by atoms with van der Waals surface area (Å²) in [5.41, 5.74) is 4.08. The van der Waals surface area contributed by atoms with Crippen molar-refractivity contribution < 1.29 is 32.2 Å². The van der Waals surface area contributed by atoms with Crippen LogP contribution in [0, 0.1) is 6.92 Å². The van der Waals surface area contributed by atoms with Gasteiger partial charge in [-0.2, -0.15) is 5.10 Å². The fourth-order valence-electron chi connectivity index (χ4n) is 3.60. The fraction of sp³-hybridized carbons (Fsp3) is 0.400. The predicted molar refractivity (Wildman–Crippen MR) is 140 cm³/mol. The van der Waals surface area contributed by atoms with Gasteiger partial charge in [-0.05, 0) is 67.3 Å². The van der Waals surface area contributed by atoms with Crippen LogP contribution in [0.3, 0.4) is 0 Å². The Morgan fingerprint density at radius 3 is 2.59 bits per heavy atom. The maximum absolute atomic E-state index is 12.5. The second-order valence-electron chi connectivity index (χ2n) is 8.53. The van der Waals surface area contributed by atoms with Gasteiger partial charge in [0.05, 0.1) is 31.4 Å². The Bertz CT molecular complexity index is 1210. The number of aryl methyl sites for hydroxylation is 1. The lowest BCUT2D eigenvalue weighted by Gasteiger charge is -2.23. The molecule has 11 nitrogen and oxygen atoms in total. The number of amides is 2. The van der Waals surface area contributed by atoms with Gasteiger partial charge in [0.2, 0.25) is 10.0 Å². The Balaban J connectivity index is 1.50. The molecule has 12 heteroatoms. The summed E-state index contributed by atoms with van der Waals surface area (Å²) >= 11 is 0. The summed E-state index contributed by atoms with van der Waals surface area (Å²) in [6.45, 7) is 2.43. The first-order valence-corrected chi connectivity index (χ1v) is 13.6. The lowest BCUT2D eigenvalue weighted by atomic mass is 10.2. The summed E-state index contributed by atoms with van der Waals surface area (Å²) < 4.78 is 41.9. The summed E-state index contributed by atoms with van der Waals surface area (Å²) in [7, 11) is -2.34. The number of ether oxygens (including phenoxy) is 3. The summed E-state index contributed by atoms with van der Waals surface area (Å²) in [4.78, 5) is 24.4. The van der Waals surface area contributed by atoms with Gasteiger partial charge in [-0.1, -0.05) is 6.07 Å². The molecule has 0 aliphatic carbocycles. The van der Waals surface area contributed by atoms with Crippen LogP contribution in [0.5, 0.6) is 11.5 Å². The third kappa shape index (κ3) is 8.76. The third-order valence-corrected chi connectivity index (χ3v) is 6.62. The van der Waals surface area contributed by atoms with Gasteiger partial charge in [0.1, 0.15) is 18.0 Å². The molecule has 1 heterocycles. The van der Waals surface area contributed by atoms with E-state index in [2.05, 4.69) is 15.8 Å². The molecule has 0 saturated carbocycles. The minimum absolute atomic E-state index is 0.0721. The normalized spacial score (nSPS) is 15.4. The smallest absolute Gasteiger partial charge is 0.260 e. The number of hydrogen-bond donors (Lipinski definition) is 2. The number of hydrazone groups is 1. The van der Waals surface area contributed by atoms with Crippen LogP contribution < -0.4 is 24.5 Å². The van der Waals surface area contributed by atoms with Crippen LogP contribution in [0.15, 0.2) is 47.6 Å². The number of methoxy groups -OCH3 is 1. The zero-order chi connectivity index (χ0) is 26.8. The van der Waals surface area contributed by atoms with Crippen molar-refractivity contribution in [2.75, 3.05) is 44.0 Å². The molecule has 1 fully saturated rings. The molecule has 0 radical (unpaired) electrons. The molecule has 1 aliphatic rings. The zero-order valence-electron chi connectivity index (χ0n) is 21.1. The molecule has 2 N–H and O–H groups in total. The van der Waals surface area contributed by atoms with Crippen molar-refractivity contribution in [3.63, 3.8) is 0 Å². The molecular formula is C25H32N4O7S. The Kier molecular flexibility index (Phi) is 9.86. The Labute approximate surface area is 216 Å². The van der Waals surface area contributed by atoms with E-state index in [1.54, 1.807) is 42.5 Å². The van der Waals surface area contributed by atoms with Crippen molar-refractivity contribution in [2.24, 2.45) is 5.10 Å². The first-order chi connectivity index (χ1) is 17.7. The molecule has 0 unspecified atom stereocenters. The standard InChI is InChI=1S/C25H32N4O7S/c1-18-6-11-23(34-2)22(13-18)29(37(3,32)33)16-24(30)28-27-14-19-7-9-20(10-8-19)36-17-25(31)26-15-21-5-4-12-35-21/h6-11,13-14,21H,4-5,12,15-17H2,1-3H3,(H,26,31)(H,28,30)/b27-14-/t21-/m1/s1. The van der Waals surface area contributed by atoms with Gasteiger partial charge in [0.25, 0.3) is 11.8 Å². The first kappa shape index (κ1) is 27.9. The highest BCUT2D eigenvalue weighted by atomic mass is 32.2. The number of anilines is 1. The molecule has 1 saturated heterocycles. The van der Waals surface area contributed by atoms with Crippen molar-refractivity contribution in [2.45, 2.75) is 25.9 Å². The number of hydrogen-bond acceptors (Lipinski definition) is 8. The molecule has 1 aliphatic heterocycles. The number of nitrogens with one attached hydrogen (secondary N) is 2. The number of sulfonamides is 1. The number of rotatable bonds is 12. The van der Waals surface area contributed by atoms with Gasteiger partial charge >= 0.3 is 0 Å². The highest BCUT2D eigenvalue weighted by Crippen LogP contribution is 2.30. The van der Waals surface area contributed by atoms with Crippen LogP contribution in [0.1, 0.15) is 24.0 Å². The lowest BCUT2D eigenvalue weighted by molar-refractivity contribution is -0.123. The number of nitrogens with zero attached hydrogens (tertiary/aromatic N) is 2. The minimum Gasteiger partial charge on any atom is -0.495 e. The third-order valence-electron chi connectivity index (χ3n) is 5.49. The Morgan fingerprint density at radius 2 is 1.95 bits per heavy atom. The molecule has 200 valence electrons. The highest BCUT2D eigenvalue weighted by Gasteiger charge is 2.24. The van der Waals surface area contributed by atoms with Gasteiger partial charge in [0, 0.05) is 13.2 Å². The van der Waals surface area contributed by atoms with E-state index in [9.17, 15) is 18.0 Å². The zero-order valence-corrected chi connectivity index (χ0v) is 21.9. The number of benzene rings is 2. The van der Waals surface area contributed by atoms with Gasteiger partial charge < -0.3 is 19.5 Å². The van der Waals surface area contributed by atoms with Crippen LogP contribution in [0.2, 0.25) is 0 Å². The van der Waals surface area contributed by atoms with E-state index in [0.29, 0.717) is 23.6 Å². The van der Waals surface area contributed by atoms with Crippen molar-refractivity contribution in [1.29, 1.82) is 0 Å². The lowest BCUT2D eigenvalue weighted by Crippen LogP contribution is -2.39. The van der Waals surface area contributed by atoms with E-state index in [1.807, 2.05) is 6.92 Å². The molecule has 0 aromatic heterocycles.